The number of rotatable bonds is 5. The Morgan fingerprint density at radius 3 is 2.38 bits per heavy atom. The van der Waals surface area contributed by atoms with Gasteiger partial charge in [0.05, 0.1) is 10.7 Å². The van der Waals surface area contributed by atoms with Crippen molar-refractivity contribution in [2.24, 2.45) is 0 Å². The number of hydrogen-bond acceptors (Lipinski definition) is 2. The average molecular weight is 344 g/mol. The second-order valence-corrected chi connectivity index (χ2v) is 7.61. The summed E-state index contributed by atoms with van der Waals surface area (Å²) >= 11 is 11.9. The van der Waals surface area contributed by atoms with Gasteiger partial charge in [0.25, 0.3) is 0 Å². The summed E-state index contributed by atoms with van der Waals surface area (Å²) in [7, 11) is -3.08. The highest BCUT2D eigenvalue weighted by Crippen LogP contribution is 2.45. The van der Waals surface area contributed by atoms with Crippen LogP contribution in [0.3, 0.4) is 0 Å². The number of hydrogen-bond donors (Lipinski definition) is 1. The minimum absolute atomic E-state index is 0.398. The molecule has 0 bridgehead atoms. The highest BCUT2D eigenvalue weighted by Gasteiger charge is 2.18. The SMILES string of the molecule is CCc1ccc(OP(C)(=O)Nc2ccc(Cl)cc2Cl)cc1. The van der Waals surface area contributed by atoms with E-state index < -0.39 is 7.52 Å². The molecule has 0 radical (unpaired) electrons. The van der Waals surface area contributed by atoms with Crippen LogP contribution >= 0.6 is 30.7 Å². The minimum atomic E-state index is -3.08. The third-order valence-electron chi connectivity index (χ3n) is 2.87. The lowest BCUT2D eigenvalue weighted by atomic mass is 10.2. The molecule has 1 unspecified atom stereocenters. The van der Waals surface area contributed by atoms with Crippen LogP contribution in [0.2, 0.25) is 10.0 Å². The van der Waals surface area contributed by atoms with Crippen LogP contribution in [-0.2, 0) is 11.0 Å². The van der Waals surface area contributed by atoms with E-state index >= 15 is 0 Å². The van der Waals surface area contributed by atoms with Gasteiger partial charge in [-0.2, -0.15) is 0 Å². The van der Waals surface area contributed by atoms with Gasteiger partial charge >= 0.3 is 7.52 Å². The van der Waals surface area contributed by atoms with Crippen molar-refractivity contribution in [2.45, 2.75) is 13.3 Å². The highest BCUT2D eigenvalue weighted by atomic mass is 35.5. The quantitative estimate of drug-likeness (QED) is 0.690. The Morgan fingerprint density at radius 2 is 1.81 bits per heavy atom. The molecule has 112 valence electrons. The number of aryl methyl sites for hydroxylation is 1. The predicted molar refractivity (Wildman–Crippen MR) is 90.1 cm³/mol. The fraction of sp³-hybridized carbons (Fsp3) is 0.200. The Labute approximate surface area is 134 Å². The van der Waals surface area contributed by atoms with Crippen molar-refractivity contribution in [1.82, 2.24) is 0 Å². The van der Waals surface area contributed by atoms with Gasteiger partial charge in [-0.3, -0.25) is 4.57 Å². The van der Waals surface area contributed by atoms with Crippen molar-refractivity contribution in [3.63, 3.8) is 0 Å². The molecular weight excluding hydrogens is 328 g/mol. The smallest absolute Gasteiger partial charge is 0.338 e. The molecule has 0 saturated heterocycles. The Hall–Kier alpha value is -1.15. The molecule has 0 aliphatic heterocycles. The van der Waals surface area contributed by atoms with Gasteiger partial charge in [0.2, 0.25) is 0 Å². The average Bonchev–Trinajstić information content (AvgIpc) is 2.42. The Bertz CT molecular complexity index is 674. The van der Waals surface area contributed by atoms with E-state index in [-0.39, 0.29) is 0 Å². The fourth-order valence-corrected chi connectivity index (χ4v) is 3.53. The maximum absolute atomic E-state index is 12.5. The number of anilines is 1. The van der Waals surface area contributed by atoms with E-state index in [1.165, 1.54) is 12.2 Å². The second-order valence-electron chi connectivity index (χ2n) is 4.67. The summed E-state index contributed by atoms with van der Waals surface area (Å²) in [5.74, 6) is 0.551. The summed E-state index contributed by atoms with van der Waals surface area (Å²) in [6.07, 6.45) is 0.947. The lowest BCUT2D eigenvalue weighted by molar-refractivity contribution is 0.493. The van der Waals surface area contributed by atoms with E-state index in [1.807, 2.05) is 12.1 Å². The molecule has 1 N–H and O–H groups in total. The van der Waals surface area contributed by atoms with Crippen molar-refractivity contribution < 1.29 is 9.09 Å². The lowest BCUT2D eigenvalue weighted by Gasteiger charge is -2.18. The first-order valence-corrected chi connectivity index (χ1v) is 9.32. The first-order valence-electron chi connectivity index (χ1n) is 6.49. The van der Waals surface area contributed by atoms with Gasteiger partial charge in [-0.05, 0) is 42.3 Å². The van der Waals surface area contributed by atoms with Gasteiger partial charge in [0.1, 0.15) is 5.75 Å². The molecule has 3 nitrogen and oxygen atoms in total. The molecule has 0 saturated carbocycles. The fourth-order valence-electron chi connectivity index (χ4n) is 1.81. The summed E-state index contributed by atoms with van der Waals surface area (Å²) in [5, 5.41) is 3.75. The van der Waals surface area contributed by atoms with Gasteiger partial charge in [-0.15, -0.1) is 0 Å². The van der Waals surface area contributed by atoms with Crippen LogP contribution in [0.25, 0.3) is 0 Å². The van der Waals surface area contributed by atoms with Crippen LogP contribution in [0.5, 0.6) is 5.75 Å². The summed E-state index contributed by atoms with van der Waals surface area (Å²) in [4.78, 5) is 0. The Balaban J connectivity index is 2.12. The Kier molecular flexibility index (Phi) is 5.21. The monoisotopic (exact) mass is 343 g/mol. The van der Waals surface area contributed by atoms with Crippen LogP contribution in [0, 0.1) is 0 Å². The molecule has 0 amide bonds. The lowest BCUT2D eigenvalue weighted by Crippen LogP contribution is -2.02. The molecule has 0 fully saturated rings. The standard InChI is InChI=1S/C15H16Cl2NO2P/c1-3-11-4-7-13(8-5-11)20-21(2,19)18-15-9-6-12(16)10-14(15)17/h4-10H,3H2,1-2H3,(H,18,19). The van der Waals surface area contributed by atoms with Crippen LogP contribution in [0.4, 0.5) is 5.69 Å². The van der Waals surface area contributed by atoms with Crippen molar-refractivity contribution in [3.05, 3.63) is 58.1 Å². The van der Waals surface area contributed by atoms with Gasteiger partial charge in [-0.25, -0.2) is 0 Å². The zero-order valence-corrected chi connectivity index (χ0v) is 14.2. The molecule has 0 aromatic heterocycles. The number of halogens is 2. The van der Waals surface area contributed by atoms with Crippen LogP contribution < -0.4 is 9.61 Å². The van der Waals surface area contributed by atoms with Crippen molar-refractivity contribution in [2.75, 3.05) is 11.8 Å². The van der Waals surface area contributed by atoms with Crippen LogP contribution in [-0.4, -0.2) is 6.66 Å². The summed E-state index contributed by atoms with van der Waals surface area (Å²) in [6, 6.07) is 12.4. The van der Waals surface area contributed by atoms with E-state index in [0.717, 1.165) is 6.42 Å². The Morgan fingerprint density at radius 1 is 1.14 bits per heavy atom. The van der Waals surface area contributed by atoms with E-state index in [4.69, 9.17) is 27.7 Å². The van der Waals surface area contributed by atoms with Crippen LogP contribution in [0.1, 0.15) is 12.5 Å². The van der Waals surface area contributed by atoms with Gasteiger partial charge in [0, 0.05) is 11.7 Å². The summed E-state index contributed by atoms with van der Waals surface area (Å²) in [5.41, 5.74) is 1.72. The molecule has 0 spiro atoms. The largest absolute Gasteiger partial charge is 0.429 e. The predicted octanol–water partition coefficient (Wildman–Crippen LogP) is 5.87. The maximum Gasteiger partial charge on any atom is 0.338 e. The van der Waals surface area contributed by atoms with Gasteiger partial charge in [-0.1, -0.05) is 42.3 Å². The summed E-state index contributed by atoms with van der Waals surface area (Å²) in [6.45, 7) is 3.58. The molecule has 2 aromatic rings. The normalized spacial score (nSPS) is 13.5. The third kappa shape index (κ3) is 4.67. The third-order valence-corrected chi connectivity index (χ3v) is 4.62. The van der Waals surface area contributed by atoms with E-state index in [0.29, 0.717) is 21.5 Å². The molecule has 2 rings (SSSR count). The molecule has 21 heavy (non-hydrogen) atoms. The molecule has 1 atom stereocenters. The van der Waals surface area contributed by atoms with E-state index in [2.05, 4.69) is 12.0 Å². The zero-order valence-electron chi connectivity index (χ0n) is 11.8. The minimum Gasteiger partial charge on any atom is -0.429 e. The van der Waals surface area contributed by atoms with Crippen molar-refractivity contribution >= 4 is 36.4 Å². The molecule has 0 heterocycles. The topological polar surface area (TPSA) is 38.3 Å². The van der Waals surface area contributed by atoms with Crippen LogP contribution in [0.15, 0.2) is 42.5 Å². The first kappa shape index (κ1) is 16.2. The second kappa shape index (κ2) is 6.74. The van der Waals surface area contributed by atoms with Crippen molar-refractivity contribution in [1.29, 1.82) is 0 Å². The van der Waals surface area contributed by atoms with Gasteiger partial charge < -0.3 is 9.61 Å². The molecule has 6 heteroatoms. The van der Waals surface area contributed by atoms with Gasteiger partial charge in [0.15, 0.2) is 0 Å². The zero-order chi connectivity index (χ0) is 15.5. The molecular formula is C15H16Cl2NO2P. The number of benzene rings is 2. The highest BCUT2D eigenvalue weighted by molar-refractivity contribution is 7.60. The first-order chi connectivity index (χ1) is 9.89. The number of nitrogens with one attached hydrogen (secondary N) is 1. The maximum atomic E-state index is 12.5. The molecule has 0 aliphatic rings. The summed E-state index contributed by atoms with van der Waals surface area (Å²) < 4.78 is 18.1. The molecule has 2 aromatic carbocycles. The van der Waals surface area contributed by atoms with Crippen molar-refractivity contribution in [3.8, 4) is 5.75 Å². The molecule has 0 aliphatic carbocycles. The van der Waals surface area contributed by atoms with E-state index in [1.54, 1.807) is 30.3 Å². The van der Waals surface area contributed by atoms with E-state index in [9.17, 15) is 4.57 Å².